The Morgan fingerprint density at radius 3 is 2.65 bits per heavy atom. The highest BCUT2D eigenvalue weighted by molar-refractivity contribution is 5.36. The highest BCUT2D eigenvalue weighted by Crippen LogP contribution is 2.09. The molecule has 1 unspecified atom stereocenters. The highest BCUT2D eigenvalue weighted by Gasteiger charge is 2.07. The number of aliphatic hydroxyl groups excluding tert-OH is 1. The Morgan fingerprint density at radius 2 is 2.06 bits per heavy atom. The minimum Gasteiger partial charge on any atom is -0.391 e. The maximum absolute atomic E-state index is 9.77. The van der Waals surface area contributed by atoms with Crippen LogP contribution in [0, 0.1) is 12.8 Å². The standard InChI is InChI=1S/C13H23N3O/c1-5-11-7-13(16-10(4)15-11)14-8-12(17)6-9(2)3/h7,9,12,17H,5-6,8H2,1-4H3,(H,14,15,16). The predicted octanol–water partition coefficient (Wildman–Crippen LogP) is 2.17. The van der Waals surface area contributed by atoms with E-state index in [1.54, 1.807) is 0 Å². The van der Waals surface area contributed by atoms with E-state index in [0.717, 1.165) is 30.2 Å². The number of aliphatic hydroxyl groups is 1. The van der Waals surface area contributed by atoms with Crippen LogP contribution in [0.15, 0.2) is 6.07 Å². The topological polar surface area (TPSA) is 58.0 Å². The van der Waals surface area contributed by atoms with E-state index < -0.39 is 0 Å². The summed E-state index contributed by atoms with van der Waals surface area (Å²) in [6, 6.07) is 1.94. The number of anilines is 1. The Hall–Kier alpha value is -1.16. The molecule has 1 aromatic rings. The smallest absolute Gasteiger partial charge is 0.130 e. The molecule has 0 fully saturated rings. The first-order valence-electron chi connectivity index (χ1n) is 6.27. The van der Waals surface area contributed by atoms with Crippen LogP contribution in [-0.2, 0) is 6.42 Å². The van der Waals surface area contributed by atoms with Gasteiger partial charge in [-0.05, 0) is 25.7 Å². The van der Waals surface area contributed by atoms with Crippen molar-refractivity contribution in [3.8, 4) is 0 Å². The third kappa shape index (κ3) is 5.13. The van der Waals surface area contributed by atoms with Crippen LogP contribution in [0.1, 0.15) is 38.7 Å². The molecule has 4 heteroatoms. The first-order valence-corrected chi connectivity index (χ1v) is 6.27. The molecule has 0 aromatic carbocycles. The van der Waals surface area contributed by atoms with Gasteiger partial charge in [0.2, 0.25) is 0 Å². The summed E-state index contributed by atoms with van der Waals surface area (Å²) in [5, 5.41) is 12.9. The Bertz CT molecular complexity index is 353. The zero-order chi connectivity index (χ0) is 12.8. The molecule has 17 heavy (non-hydrogen) atoms. The fourth-order valence-corrected chi connectivity index (χ4v) is 1.75. The molecular weight excluding hydrogens is 214 g/mol. The van der Waals surface area contributed by atoms with Gasteiger partial charge in [-0.25, -0.2) is 9.97 Å². The number of hydrogen-bond donors (Lipinski definition) is 2. The van der Waals surface area contributed by atoms with Crippen molar-refractivity contribution in [3.63, 3.8) is 0 Å². The van der Waals surface area contributed by atoms with Gasteiger partial charge in [0.15, 0.2) is 0 Å². The Morgan fingerprint density at radius 1 is 1.35 bits per heavy atom. The number of aromatic nitrogens is 2. The molecule has 0 spiro atoms. The van der Waals surface area contributed by atoms with Crippen LogP contribution >= 0.6 is 0 Å². The molecule has 2 N–H and O–H groups in total. The molecule has 1 heterocycles. The SMILES string of the molecule is CCc1cc(NCC(O)CC(C)C)nc(C)n1. The summed E-state index contributed by atoms with van der Waals surface area (Å²) < 4.78 is 0. The quantitative estimate of drug-likeness (QED) is 0.796. The van der Waals surface area contributed by atoms with Gasteiger partial charge < -0.3 is 10.4 Å². The molecule has 1 aromatic heterocycles. The van der Waals surface area contributed by atoms with Crippen molar-refractivity contribution in [2.75, 3.05) is 11.9 Å². The molecule has 96 valence electrons. The van der Waals surface area contributed by atoms with Crippen molar-refractivity contribution < 1.29 is 5.11 Å². The number of nitrogens with zero attached hydrogens (tertiary/aromatic N) is 2. The van der Waals surface area contributed by atoms with Crippen molar-refractivity contribution in [3.05, 3.63) is 17.6 Å². The molecule has 0 bridgehead atoms. The van der Waals surface area contributed by atoms with E-state index in [1.165, 1.54) is 0 Å². The first-order chi connectivity index (χ1) is 8.01. The highest BCUT2D eigenvalue weighted by atomic mass is 16.3. The van der Waals surface area contributed by atoms with Gasteiger partial charge in [-0.3, -0.25) is 0 Å². The van der Waals surface area contributed by atoms with Gasteiger partial charge in [0.25, 0.3) is 0 Å². The Kier molecular flexibility index (Phi) is 5.35. The summed E-state index contributed by atoms with van der Waals surface area (Å²) >= 11 is 0. The summed E-state index contributed by atoms with van der Waals surface area (Å²) in [5.74, 6) is 2.08. The first kappa shape index (κ1) is 13.9. The molecule has 1 atom stereocenters. The van der Waals surface area contributed by atoms with E-state index in [2.05, 4.69) is 36.1 Å². The largest absolute Gasteiger partial charge is 0.391 e. The lowest BCUT2D eigenvalue weighted by molar-refractivity contribution is 0.161. The van der Waals surface area contributed by atoms with Gasteiger partial charge in [-0.15, -0.1) is 0 Å². The lowest BCUT2D eigenvalue weighted by Gasteiger charge is -2.14. The van der Waals surface area contributed by atoms with Crippen LogP contribution in [-0.4, -0.2) is 27.7 Å². The molecule has 0 aliphatic carbocycles. The Balaban J connectivity index is 2.54. The van der Waals surface area contributed by atoms with Crippen LogP contribution in [0.3, 0.4) is 0 Å². The van der Waals surface area contributed by atoms with E-state index >= 15 is 0 Å². The van der Waals surface area contributed by atoms with E-state index in [9.17, 15) is 5.11 Å². The summed E-state index contributed by atoms with van der Waals surface area (Å²) in [4.78, 5) is 8.61. The lowest BCUT2D eigenvalue weighted by atomic mass is 10.1. The maximum Gasteiger partial charge on any atom is 0.130 e. The minimum atomic E-state index is -0.324. The Labute approximate surface area is 103 Å². The maximum atomic E-state index is 9.77. The number of hydrogen-bond acceptors (Lipinski definition) is 4. The van der Waals surface area contributed by atoms with Crippen LogP contribution in [0.4, 0.5) is 5.82 Å². The molecule has 1 rings (SSSR count). The third-order valence-corrected chi connectivity index (χ3v) is 2.52. The van der Waals surface area contributed by atoms with Crippen molar-refractivity contribution >= 4 is 5.82 Å². The molecule has 0 radical (unpaired) electrons. The third-order valence-electron chi connectivity index (χ3n) is 2.52. The van der Waals surface area contributed by atoms with Crippen molar-refractivity contribution in [2.45, 2.75) is 46.6 Å². The van der Waals surface area contributed by atoms with Crippen LogP contribution in [0.2, 0.25) is 0 Å². The van der Waals surface area contributed by atoms with E-state index in [4.69, 9.17) is 0 Å². The summed E-state index contributed by atoms with van der Waals surface area (Å²) in [5.41, 5.74) is 1.03. The van der Waals surface area contributed by atoms with Crippen LogP contribution in [0.5, 0.6) is 0 Å². The molecular formula is C13H23N3O. The van der Waals surface area contributed by atoms with Crippen molar-refractivity contribution in [2.24, 2.45) is 5.92 Å². The average molecular weight is 237 g/mol. The normalized spacial score (nSPS) is 12.8. The van der Waals surface area contributed by atoms with Gasteiger partial charge in [0.1, 0.15) is 11.6 Å². The summed E-state index contributed by atoms with van der Waals surface area (Å²) in [6.45, 7) is 8.70. The van der Waals surface area contributed by atoms with Crippen molar-refractivity contribution in [1.82, 2.24) is 9.97 Å². The molecule has 4 nitrogen and oxygen atoms in total. The van der Waals surface area contributed by atoms with Gasteiger partial charge in [0.05, 0.1) is 6.10 Å². The molecule has 0 saturated heterocycles. The van der Waals surface area contributed by atoms with Gasteiger partial charge in [-0.2, -0.15) is 0 Å². The summed E-state index contributed by atoms with van der Waals surface area (Å²) in [6.07, 6.45) is 1.37. The fraction of sp³-hybridized carbons (Fsp3) is 0.692. The van der Waals surface area contributed by atoms with E-state index in [0.29, 0.717) is 12.5 Å². The second kappa shape index (κ2) is 6.55. The predicted molar refractivity (Wildman–Crippen MR) is 70.1 cm³/mol. The van der Waals surface area contributed by atoms with Crippen molar-refractivity contribution in [1.29, 1.82) is 0 Å². The number of aryl methyl sites for hydroxylation is 2. The average Bonchev–Trinajstić information content (AvgIpc) is 2.24. The summed E-state index contributed by atoms with van der Waals surface area (Å²) in [7, 11) is 0. The second-order valence-electron chi connectivity index (χ2n) is 4.81. The minimum absolute atomic E-state index is 0.324. The number of rotatable bonds is 6. The molecule has 0 aliphatic rings. The number of nitrogens with one attached hydrogen (secondary N) is 1. The molecule has 0 aliphatic heterocycles. The van der Waals surface area contributed by atoms with E-state index in [1.807, 2.05) is 13.0 Å². The van der Waals surface area contributed by atoms with Crippen LogP contribution < -0.4 is 5.32 Å². The monoisotopic (exact) mass is 237 g/mol. The zero-order valence-electron chi connectivity index (χ0n) is 11.2. The van der Waals surface area contributed by atoms with Gasteiger partial charge in [0, 0.05) is 18.3 Å². The molecule has 0 amide bonds. The molecule has 0 saturated carbocycles. The van der Waals surface area contributed by atoms with Gasteiger partial charge in [-0.1, -0.05) is 20.8 Å². The lowest BCUT2D eigenvalue weighted by Crippen LogP contribution is -2.22. The fourth-order valence-electron chi connectivity index (χ4n) is 1.75. The zero-order valence-corrected chi connectivity index (χ0v) is 11.2. The van der Waals surface area contributed by atoms with E-state index in [-0.39, 0.29) is 6.10 Å². The van der Waals surface area contributed by atoms with Gasteiger partial charge >= 0.3 is 0 Å². The second-order valence-corrected chi connectivity index (χ2v) is 4.81. The van der Waals surface area contributed by atoms with Crippen LogP contribution in [0.25, 0.3) is 0 Å².